The minimum absolute atomic E-state index is 0.0591. The first-order valence-electron chi connectivity index (χ1n) is 8.21. The van der Waals surface area contributed by atoms with Crippen molar-refractivity contribution in [3.8, 4) is 0 Å². The number of thioether (sulfide) groups is 2. The number of hydrogen-bond donors (Lipinski definition) is 1. The first-order valence-corrected chi connectivity index (χ1v) is 11.4. The number of carbonyl (C=O) groups is 1. The van der Waals surface area contributed by atoms with E-state index < -0.39 is 0 Å². The van der Waals surface area contributed by atoms with Crippen LogP contribution < -0.4 is 5.32 Å². The fourth-order valence-corrected chi connectivity index (χ4v) is 4.90. The third kappa shape index (κ3) is 6.90. The van der Waals surface area contributed by atoms with Crippen LogP contribution in [0.25, 0.3) is 0 Å². The number of rotatable bonds is 9. The lowest BCUT2D eigenvalue weighted by atomic mass is 10.2. The zero-order valence-corrected chi connectivity index (χ0v) is 18.2. The van der Waals surface area contributed by atoms with Gasteiger partial charge in [-0.1, -0.05) is 47.8 Å². The van der Waals surface area contributed by atoms with Crippen molar-refractivity contribution in [1.82, 2.24) is 5.32 Å². The third-order valence-electron chi connectivity index (χ3n) is 3.61. The van der Waals surface area contributed by atoms with Crippen LogP contribution in [0.2, 0.25) is 15.1 Å². The van der Waals surface area contributed by atoms with Gasteiger partial charge in [-0.25, -0.2) is 0 Å². The van der Waals surface area contributed by atoms with E-state index in [4.69, 9.17) is 34.8 Å². The Morgan fingerprint density at radius 1 is 1.08 bits per heavy atom. The molecule has 2 rings (SSSR count). The van der Waals surface area contributed by atoms with Crippen molar-refractivity contribution in [2.24, 2.45) is 0 Å². The average Bonchev–Trinajstić information content (AvgIpc) is 2.63. The maximum absolute atomic E-state index is 12.4. The zero-order valence-electron chi connectivity index (χ0n) is 14.3. The molecule has 0 heterocycles. The molecule has 2 aromatic carbocycles. The Hall–Kier alpha value is -0.520. The van der Waals surface area contributed by atoms with Crippen molar-refractivity contribution in [2.75, 3.05) is 12.3 Å². The summed E-state index contributed by atoms with van der Waals surface area (Å²) in [6.07, 6.45) is 0.765. The molecule has 0 saturated carbocycles. The molecule has 0 spiro atoms. The van der Waals surface area contributed by atoms with Crippen LogP contribution in [-0.2, 0) is 10.5 Å². The molecule has 0 fully saturated rings. The largest absolute Gasteiger partial charge is 0.354 e. The molecule has 0 bridgehead atoms. The fourth-order valence-electron chi connectivity index (χ4n) is 2.20. The minimum atomic E-state index is -0.112. The molecule has 0 aliphatic rings. The molecule has 0 aliphatic heterocycles. The molecule has 1 amide bonds. The summed E-state index contributed by atoms with van der Waals surface area (Å²) in [5.74, 6) is 1.59. The van der Waals surface area contributed by atoms with Crippen LogP contribution in [0.5, 0.6) is 0 Å². The fraction of sp³-hybridized carbons (Fsp3) is 0.316. The highest BCUT2D eigenvalue weighted by Crippen LogP contribution is 2.28. The van der Waals surface area contributed by atoms with Gasteiger partial charge in [0.05, 0.1) is 5.25 Å². The quantitative estimate of drug-likeness (QED) is 0.347. The summed E-state index contributed by atoms with van der Waals surface area (Å²) in [6.45, 7) is 2.63. The van der Waals surface area contributed by atoms with Crippen LogP contribution in [0.3, 0.4) is 0 Å². The summed E-state index contributed by atoms with van der Waals surface area (Å²) < 4.78 is 0. The summed E-state index contributed by atoms with van der Waals surface area (Å²) in [7, 11) is 0. The van der Waals surface area contributed by atoms with Gasteiger partial charge in [0.2, 0.25) is 5.91 Å². The van der Waals surface area contributed by atoms with Gasteiger partial charge in [-0.05, 0) is 48.4 Å². The van der Waals surface area contributed by atoms with Gasteiger partial charge in [-0.2, -0.15) is 11.8 Å². The zero-order chi connectivity index (χ0) is 18.9. The van der Waals surface area contributed by atoms with Crippen molar-refractivity contribution < 1.29 is 4.79 Å². The SMILES string of the molecule is CC[C@H](Sc1ccc(Cl)cc1)C(=O)NCCSCc1c(Cl)cccc1Cl. The van der Waals surface area contributed by atoms with Gasteiger partial charge in [0.25, 0.3) is 0 Å². The second kappa shape index (κ2) is 11.4. The van der Waals surface area contributed by atoms with Crippen molar-refractivity contribution in [3.05, 3.63) is 63.1 Å². The number of nitrogens with one attached hydrogen (secondary N) is 1. The van der Waals surface area contributed by atoms with Crippen molar-refractivity contribution in [3.63, 3.8) is 0 Å². The number of benzene rings is 2. The highest BCUT2D eigenvalue weighted by molar-refractivity contribution is 8.00. The lowest BCUT2D eigenvalue weighted by Crippen LogP contribution is -2.33. The van der Waals surface area contributed by atoms with Crippen molar-refractivity contribution >= 4 is 64.2 Å². The Bertz CT molecular complexity index is 705. The number of hydrogen-bond acceptors (Lipinski definition) is 3. The second-order valence-electron chi connectivity index (χ2n) is 5.51. The summed E-state index contributed by atoms with van der Waals surface area (Å²) in [5, 5.41) is 4.95. The Kier molecular flexibility index (Phi) is 9.51. The second-order valence-corrected chi connectivity index (χ2v) is 9.14. The monoisotopic (exact) mass is 447 g/mol. The van der Waals surface area contributed by atoms with E-state index in [9.17, 15) is 4.79 Å². The standard InChI is InChI=1S/C19H20Cl3NOS2/c1-2-18(26-14-8-6-13(20)7-9-14)19(24)23-10-11-25-12-15-16(21)4-3-5-17(15)22/h3-9,18H,2,10-12H2,1H3,(H,23,24)/t18-/m0/s1. The molecular formula is C19H20Cl3NOS2. The topological polar surface area (TPSA) is 29.1 Å². The van der Waals surface area contributed by atoms with Crippen LogP contribution in [-0.4, -0.2) is 23.5 Å². The van der Waals surface area contributed by atoms with Gasteiger partial charge in [-0.3, -0.25) is 4.79 Å². The maximum Gasteiger partial charge on any atom is 0.233 e. The highest BCUT2D eigenvalue weighted by Gasteiger charge is 2.17. The van der Waals surface area contributed by atoms with Crippen LogP contribution in [0.4, 0.5) is 0 Å². The lowest BCUT2D eigenvalue weighted by molar-refractivity contribution is -0.120. The summed E-state index contributed by atoms with van der Waals surface area (Å²) in [6, 6.07) is 13.1. The van der Waals surface area contributed by atoms with Gasteiger partial charge in [0, 0.05) is 38.0 Å². The third-order valence-corrected chi connectivity index (χ3v) is 6.93. The Morgan fingerprint density at radius 2 is 1.73 bits per heavy atom. The lowest BCUT2D eigenvalue weighted by Gasteiger charge is -2.15. The average molecular weight is 449 g/mol. The molecule has 0 aromatic heterocycles. The van der Waals surface area contributed by atoms with Crippen LogP contribution in [0, 0.1) is 0 Å². The van der Waals surface area contributed by atoms with Crippen molar-refractivity contribution in [2.45, 2.75) is 29.2 Å². The summed E-state index contributed by atoms with van der Waals surface area (Å²) in [5.41, 5.74) is 0.942. The van der Waals surface area contributed by atoms with E-state index in [0.717, 1.165) is 28.4 Å². The van der Waals surface area contributed by atoms with Gasteiger partial charge < -0.3 is 5.32 Å². The highest BCUT2D eigenvalue weighted by atomic mass is 35.5. The first kappa shape index (κ1) is 21.8. The van der Waals surface area contributed by atoms with Gasteiger partial charge in [0.1, 0.15) is 0 Å². The summed E-state index contributed by atoms with van der Waals surface area (Å²) in [4.78, 5) is 13.4. The molecule has 2 aromatic rings. The van der Waals surface area contributed by atoms with Crippen LogP contribution >= 0.6 is 58.3 Å². The molecule has 1 N–H and O–H groups in total. The van der Waals surface area contributed by atoms with E-state index in [2.05, 4.69) is 5.32 Å². The molecule has 0 aliphatic carbocycles. The molecule has 7 heteroatoms. The summed E-state index contributed by atoms with van der Waals surface area (Å²) >= 11 is 21.5. The van der Waals surface area contributed by atoms with E-state index in [0.29, 0.717) is 21.6 Å². The predicted molar refractivity (Wildman–Crippen MR) is 117 cm³/mol. The number of halogens is 3. The Morgan fingerprint density at radius 3 is 2.35 bits per heavy atom. The molecule has 2 nitrogen and oxygen atoms in total. The molecule has 140 valence electrons. The molecule has 1 atom stereocenters. The molecular weight excluding hydrogens is 429 g/mol. The van der Waals surface area contributed by atoms with Crippen molar-refractivity contribution in [1.29, 1.82) is 0 Å². The smallest absolute Gasteiger partial charge is 0.233 e. The van der Waals surface area contributed by atoms with E-state index >= 15 is 0 Å². The molecule has 0 radical (unpaired) electrons. The van der Waals surface area contributed by atoms with Gasteiger partial charge in [0.15, 0.2) is 0 Å². The molecule has 26 heavy (non-hydrogen) atoms. The first-order chi connectivity index (χ1) is 12.5. The van der Waals surface area contributed by atoms with E-state index in [-0.39, 0.29) is 11.2 Å². The van der Waals surface area contributed by atoms with Gasteiger partial charge >= 0.3 is 0 Å². The number of amides is 1. The normalized spacial score (nSPS) is 12.0. The maximum atomic E-state index is 12.4. The molecule has 0 saturated heterocycles. The Labute approximate surface area is 178 Å². The Balaban J connectivity index is 1.73. The predicted octanol–water partition coefficient (Wildman–Crippen LogP) is 6.57. The minimum Gasteiger partial charge on any atom is -0.354 e. The van der Waals surface area contributed by atoms with E-state index in [1.807, 2.05) is 49.4 Å². The van der Waals surface area contributed by atoms with E-state index in [1.54, 1.807) is 23.5 Å². The van der Waals surface area contributed by atoms with Crippen LogP contribution in [0.15, 0.2) is 47.4 Å². The van der Waals surface area contributed by atoms with Crippen LogP contribution in [0.1, 0.15) is 18.9 Å². The molecule has 0 unspecified atom stereocenters. The van der Waals surface area contributed by atoms with Gasteiger partial charge in [-0.15, -0.1) is 11.8 Å². The van der Waals surface area contributed by atoms with E-state index in [1.165, 1.54) is 0 Å². The number of carbonyl (C=O) groups excluding carboxylic acids is 1.